The van der Waals surface area contributed by atoms with Crippen LogP contribution < -0.4 is 11.1 Å². The zero-order chi connectivity index (χ0) is 15.3. The summed E-state index contributed by atoms with van der Waals surface area (Å²) in [6.45, 7) is 4.49. The summed E-state index contributed by atoms with van der Waals surface area (Å²) in [4.78, 5) is 13.4. The molecule has 21 heavy (non-hydrogen) atoms. The molecule has 4 heteroatoms. The van der Waals surface area contributed by atoms with E-state index in [1.54, 1.807) is 0 Å². The SMILES string of the molecule is CCCC(NC(=O)C12CC3CC(CC(C)(C3)C1)C2)C(N)=S. The van der Waals surface area contributed by atoms with Crippen molar-refractivity contribution in [3.05, 3.63) is 0 Å². The van der Waals surface area contributed by atoms with Crippen molar-refractivity contribution in [3.8, 4) is 0 Å². The molecule has 4 fully saturated rings. The lowest BCUT2D eigenvalue weighted by Crippen LogP contribution is -2.59. The van der Waals surface area contributed by atoms with Gasteiger partial charge < -0.3 is 11.1 Å². The van der Waals surface area contributed by atoms with Gasteiger partial charge in [-0.05, 0) is 62.2 Å². The van der Waals surface area contributed by atoms with E-state index in [9.17, 15) is 4.79 Å². The number of nitrogens with two attached hydrogens (primary N) is 1. The molecule has 118 valence electrons. The molecule has 1 amide bonds. The third kappa shape index (κ3) is 2.71. The predicted molar refractivity (Wildman–Crippen MR) is 88.8 cm³/mol. The van der Waals surface area contributed by atoms with Gasteiger partial charge in [-0.1, -0.05) is 32.5 Å². The summed E-state index contributed by atoms with van der Waals surface area (Å²) in [7, 11) is 0. The van der Waals surface area contributed by atoms with Gasteiger partial charge in [0.05, 0.1) is 16.4 Å². The van der Waals surface area contributed by atoms with Crippen molar-refractivity contribution >= 4 is 23.1 Å². The zero-order valence-electron chi connectivity index (χ0n) is 13.3. The molecule has 0 saturated heterocycles. The van der Waals surface area contributed by atoms with Crippen molar-refractivity contribution in [2.45, 2.75) is 71.3 Å². The maximum atomic E-state index is 13.0. The molecule has 4 saturated carbocycles. The van der Waals surface area contributed by atoms with Gasteiger partial charge in [0.25, 0.3) is 0 Å². The van der Waals surface area contributed by atoms with Crippen LogP contribution >= 0.6 is 12.2 Å². The van der Waals surface area contributed by atoms with Gasteiger partial charge >= 0.3 is 0 Å². The highest BCUT2D eigenvalue weighted by atomic mass is 32.1. The molecule has 3 atom stereocenters. The van der Waals surface area contributed by atoms with Crippen molar-refractivity contribution in [2.24, 2.45) is 28.4 Å². The molecule has 3 nitrogen and oxygen atoms in total. The molecule has 0 aromatic carbocycles. The second-order valence-corrected chi connectivity index (χ2v) is 8.74. The topological polar surface area (TPSA) is 55.1 Å². The second-order valence-electron chi connectivity index (χ2n) is 8.27. The largest absolute Gasteiger partial charge is 0.392 e. The maximum absolute atomic E-state index is 13.0. The van der Waals surface area contributed by atoms with E-state index in [-0.39, 0.29) is 17.4 Å². The van der Waals surface area contributed by atoms with E-state index in [1.807, 2.05) is 0 Å². The van der Waals surface area contributed by atoms with Crippen molar-refractivity contribution < 1.29 is 4.79 Å². The van der Waals surface area contributed by atoms with Crippen LogP contribution in [-0.4, -0.2) is 16.9 Å². The highest BCUT2D eigenvalue weighted by Gasteiger charge is 2.58. The highest BCUT2D eigenvalue weighted by molar-refractivity contribution is 7.80. The van der Waals surface area contributed by atoms with Crippen LogP contribution in [0.2, 0.25) is 0 Å². The fraction of sp³-hybridized carbons (Fsp3) is 0.882. The molecule has 0 aliphatic heterocycles. The van der Waals surface area contributed by atoms with Crippen molar-refractivity contribution in [1.82, 2.24) is 5.32 Å². The van der Waals surface area contributed by atoms with Crippen LogP contribution in [-0.2, 0) is 4.79 Å². The molecule has 0 heterocycles. The van der Waals surface area contributed by atoms with Gasteiger partial charge in [-0.3, -0.25) is 4.79 Å². The summed E-state index contributed by atoms with van der Waals surface area (Å²) >= 11 is 5.13. The van der Waals surface area contributed by atoms with Gasteiger partial charge in [-0.25, -0.2) is 0 Å². The van der Waals surface area contributed by atoms with Crippen molar-refractivity contribution in [2.75, 3.05) is 0 Å². The van der Waals surface area contributed by atoms with Gasteiger partial charge in [0.1, 0.15) is 0 Å². The molecule has 4 aliphatic rings. The molecule has 0 aromatic heterocycles. The molecule has 0 aromatic rings. The third-order valence-electron chi connectivity index (χ3n) is 6.06. The van der Waals surface area contributed by atoms with E-state index < -0.39 is 0 Å². The van der Waals surface area contributed by atoms with Crippen LogP contribution in [0.15, 0.2) is 0 Å². The van der Waals surface area contributed by atoms with Crippen molar-refractivity contribution in [1.29, 1.82) is 0 Å². The molecule has 4 aliphatic carbocycles. The number of thiocarbonyl (C=S) groups is 1. The Bertz CT molecular complexity index is 448. The zero-order valence-corrected chi connectivity index (χ0v) is 14.1. The number of hydrogen-bond donors (Lipinski definition) is 2. The fourth-order valence-corrected chi connectivity index (χ4v) is 6.05. The normalized spacial score (nSPS) is 41.8. The first-order chi connectivity index (χ1) is 9.86. The molecule has 3 unspecified atom stereocenters. The Labute approximate surface area is 133 Å². The smallest absolute Gasteiger partial charge is 0.226 e. The summed E-state index contributed by atoms with van der Waals surface area (Å²) in [5.41, 5.74) is 6.07. The molecule has 4 rings (SSSR count). The summed E-state index contributed by atoms with van der Waals surface area (Å²) in [5.74, 6) is 1.75. The standard InChI is InChI=1S/C17H28N2OS/c1-3-4-13(14(18)21)19-15(20)17-8-11-5-12(9-17)7-16(2,6-11)10-17/h11-13H,3-10H2,1-2H3,(H2,18,21)(H,19,20). The third-order valence-corrected chi connectivity index (χ3v) is 6.35. The van der Waals surface area contributed by atoms with Crippen LogP contribution in [0.3, 0.4) is 0 Å². The lowest BCUT2D eigenvalue weighted by Gasteiger charge is -2.60. The van der Waals surface area contributed by atoms with E-state index >= 15 is 0 Å². The van der Waals surface area contributed by atoms with Gasteiger partial charge in [-0.2, -0.15) is 0 Å². The molecule has 4 bridgehead atoms. The van der Waals surface area contributed by atoms with E-state index in [2.05, 4.69) is 19.2 Å². The van der Waals surface area contributed by atoms with E-state index in [0.717, 1.165) is 43.9 Å². The second kappa shape index (κ2) is 5.22. The monoisotopic (exact) mass is 308 g/mol. The average Bonchev–Trinajstić information content (AvgIpc) is 2.34. The number of nitrogens with one attached hydrogen (secondary N) is 1. The Morgan fingerprint density at radius 3 is 2.43 bits per heavy atom. The van der Waals surface area contributed by atoms with Gasteiger partial charge in [0, 0.05) is 0 Å². The predicted octanol–water partition coefficient (Wildman–Crippen LogP) is 3.16. The minimum absolute atomic E-state index is 0.127. The van der Waals surface area contributed by atoms with Crippen LogP contribution in [0.4, 0.5) is 0 Å². The average molecular weight is 308 g/mol. The minimum Gasteiger partial charge on any atom is -0.392 e. The Morgan fingerprint density at radius 2 is 1.95 bits per heavy atom. The number of carbonyl (C=O) groups excluding carboxylic acids is 1. The van der Waals surface area contributed by atoms with Gasteiger partial charge in [-0.15, -0.1) is 0 Å². The number of amides is 1. The van der Waals surface area contributed by atoms with Crippen LogP contribution in [0.1, 0.15) is 65.2 Å². The fourth-order valence-electron chi connectivity index (χ4n) is 5.87. The molecule has 0 spiro atoms. The molecule has 0 radical (unpaired) electrons. The van der Waals surface area contributed by atoms with Crippen LogP contribution in [0.25, 0.3) is 0 Å². The van der Waals surface area contributed by atoms with Gasteiger partial charge in [0.2, 0.25) is 5.91 Å². The van der Waals surface area contributed by atoms with E-state index in [1.165, 1.54) is 19.3 Å². The first-order valence-electron chi connectivity index (χ1n) is 8.46. The Morgan fingerprint density at radius 1 is 1.33 bits per heavy atom. The van der Waals surface area contributed by atoms with E-state index in [4.69, 9.17) is 18.0 Å². The summed E-state index contributed by atoms with van der Waals surface area (Å²) < 4.78 is 0. The number of carbonyl (C=O) groups is 1. The van der Waals surface area contributed by atoms with Crippen LogP contribution in [0.5, 0.6) is 0 Å². The first kappa shape index (κ1) is 15.3. The lowest BCUT2D eigenvalue weighted by atomic mass is 9.44. The highest BCUT2D eigenvalue weighted by Crippen LogP contribution is 2.65. The van der Waals surface area contributed by atoms with Crippen molar-refractivity contribution in [3.63, 3.8) is 0 Å². The quantitative estimate of drug-likeness (QED) is 0.767. The molecular formula is C17H28N2OS. The van der Waals surface area contributed by atoms with E-state index in [0.29, 0.717) is 10.4 Å². The summed E-state index contributed by atoms with van der Waals surface area (Å²) in [5, 5.41) is 3.19. The Balaban J connectivity index is 1.76. The first-order valence-corrected chi connectivity index (χ1v) is 8.87. The minimum atomic E-state index is -0.129. The lowest BCUT2D eigenvalue weighted by molar-refractivity contribution is -0.155. The number of hydrogen-bond acceptors (Lipinski definition) is 2. The Hall–Kier alpha value is -0.640. The molecule has 3 N–H and O–H groups in total. The van der Waals surface area contributed by atoms with Crippen LogP contribution in [0, 0.1) is 22.7 Å². The summed E-state index contributed by atoms with van der Waals surface area (Å²) in [6, 6.07) is -0.127. The Kier molecular flexibility index (Phi) is 3.79. The number of rotatable bonds is 5. The summed E-state index contributed by atoms with van der Waals surface area (Å²) in [6.07, 6.45) is 9.06. The van der Waals surface area contributed by atoms with Gasteiger partial charge in [0.15, 0.2) is 0 Å². The maximum Gasteiger partial charge on any atom is 0.226 e. The molecular weight excluding hydrogens is 280 g/mol.